The Morgan fingerprint density at radius 1 is 1.38 bits per heavy atom. The van der Waals surface area contributed by atoms with Gasteiger partial charge in [-0.1, -0.05) is 22.0 Å². The topological polar surface area (TPSA) is 43.7 Å². The van der Waals surface area contributed by atoms with Gasteiger partial charge in [0.15, 0.2) is 0 Å². The van der Waals surface area contributed by atoms with Gasteiger partial charge in [-0.05, 0) is 39.0 Å². The van der Waals surface area contributed by atoms with Crippen LogP contribution in [0.4, 0.5) is 4.79 Å². The zero-order valence-corrected chi connectivity index (χ0v) is 15.9. The lowest BCUT2D eigenvalue weighted by molar-refractivity contribution is -0.0469. The first-order chi connectivity index (χ1) is 11.3. The van der Waals surface area contributed by atoms with Crippen LogP contribution in [0.5, 0.6) is 0 Å². The van der Waals surface area contributed by atoms with Crippen molar-refractivity contribution >= 4 is 32.9 Å². The van der Waals surface area contributed by atoms with Crippen LogP contribution >= 0.6 is 15.9 Å². The van der Waals surface area contributed by atoms with E-state index in [4.69, 9.17) is 9.47 Å². The Balaban J connectivity index is 1.69. The minimum atomic E-state index is -0.478. The molecule has 0 spiro atoms. The largest absolute Gasteiger partial charge is 0.444 e. The molecule has 130 valence electrons. The summed E-state index contributed by atoms with van der Waals surface area (Å²) < 4.78 is 14.6. The molecule has 1 aliphatic heterocycles. The van der Waals surface area contributed by atoms with Crippen LogP contribution in [-0.4, -0.2) is 47.0 Å². The highest BCUT2D eigenvalue weighted by atomic mass is 79.9. The molecule has 24 heavy (non-hydrogen) atoms. The molecule has 0 unspecified atom stereocenters. The van der Waals surface area contributed by atoms with E-state index in [9.17, 15) is 4.79 Å². The van der Waals surface area contributed by atoms with Gasteiger partial charge in [-0.2, -0.15) is 0 Å². The lowest BCUT2D eigenvalue weighted by atomic mass is 10.2. The van der Waals surface area contributed by atoms with Crippen molar-refractivity contribution < 1.29 is 14.3 Å². The molecule has 0 saturated carbocycles. The minimum Gasteiger partial charge on any atom is -0.444 e. The van der Waals surface area contributed by atoms with Crippen molar-refractivity contribution in [1.29, 1.82) is 0 Å². The lowest BCUT2D eigenvalue weighted by Crippen LogP contribution is -2.48. The van der Waals surface area contributed by atoms with Gasteiger partial charge in [0, 0.05) is 28.1 Å². The summed E-state index contributed by atoms with van der Waals surface area (Å²) in [6, 6.07) is 8.24. The molecule has 3 rings (SSSR count). The number of amides is 1. The summed E-state index contributed by atoms with van der Waals surface area (Å²) in [6.07, 6.45) is 1.75. The fourth-order valence-corrected chi connectivity index (χ4v) is 3.37. The van der Waals surface area contributed by atoms with E-state index in [1.165, 1.54) is 5.39 Å². The molecule has 0 aliphatic carbocycles. The third-order valence-corrected chi connectivity index (χ3v) is 4.64. The van der Waals surface area contributed by atoms with E-state index in [2.05, 4.69) is 38.8 Å². The van der Waals surface area contributed by atoms with Gasteiger partial charge >= 0.3 is 6.09 Å². The van der Waals surface area contributed by atoms with Crippen LogP contribution in [0.1, 0.15) is 20.8 Å². The van der Waals surface area contributed by atoms with Gasteiger partial charge in [0.2, 0.25) is 0 Å². The lowest BCUT2D eigenvalue weighted by Gasteiger charge is -2.34. The molecule has 1 aromatic carbocycles. The monoisotopic (exact) mass is 394 g/mol. The molecule has 1 atom stereocenters. The zero-order valence-electron chi connectivity index (χ0n) is 14.3. The highest BCUT2D eigenvalue weighted by Crippen LogP contribution is 2.25. The van der Waals surface area contributed by atoms with Crippen LogP contribution in [0.15, 0.2) is 34.9 Å². The number of halogens is 1. The fourth-order valence-electron chi connectivity index (χ4n) is 2.89. The Kier molecular flexibility index (Phi) is 4.88. The molecule has 0 radical (unpaired) electrons. The first kappa shape index (κ1) is 17.3. The summed E-state index contributed by atoms with van der Waals surface area (Å²) in [5, 5.41) is 1.18. The Morgan fingerprint density at radius 3 is 2.92 bits per heavy atom. The second-order valence-electron chi connectivity index (χ2n) is 7.06. The molecule has 1 fully saturated rings. The summed E-state index contributed by atoms with van der Waals surface area (Å²) in [7, 11) is 0. The Bertz CT molecular complexity index is 735. The second kappa shape index (κ2) is 6.76. The number of ether oxygens (including phenoxy) is 2. The van der Waals surface area contributed by atoms with E-state index in [0.29, 0.717) is 26.2 Å². The summed E-state index contributed by atoms with van der Waals surface area (Å²) in [5.41, 5.74) is 0.677. The highest BCUT2D eigenvalue weighted by Gasteiger charge is 2.28. The third-order valence-electron chi connectivity index (χ3n) is 3.95. The molecule has 1 aliphatic rings. The Hall–Kier alpha value is -1.53. The quantitative estimate of drug-likeness (QED) is 0.771. The fraction of sp³-hybridized carbons (Fsp3) is 0.500. The number of nitrogens with zero attached hydrogens (tertiary/aromatic N) is 2. The average molecular weight is 395 g/mol. The number of benzene rings is 1. The van der Waals surface area contributed by atoms with Crippen molar-refractivity contribution in [3.05, 3.63) is 34.9 Å². The van der Waals surface area contributed by atoms with Gasteiger partial charge in [-0.3, -0.25) is 0 Å². The van der Waals surface area contributed by atoms with Crippen LogP contribution < -0.4 is 0 Å². The van der Waals surface area contributed by atoms with E-state index in [0.717, 1.165) is 9.99 Å². The van der Waals surface area contributed by atoms with Crippen molar-refractivity contribution in [1.82, 2.24) is 9.47 Å². The van der Waals surface area contributed by atoms with E-state index in [1.807, 2.05) is 32.9 Å². The predicted octanol–water partition coefficient (Wildman–Crippen LogP) is 4.04. The number of fused-ring (bicyclic) bond motifs is 1. The van der Waals surface area contributed by atoms with Gasteiger partial charge in [-0.15, -0.1) is 0 Å². The number of aromatic nitrogens is 1. The average Bonchev–Trinajstić information content (AvgIpc) is 2.90. The van der Waals surface area contributed by atoms with E-state index < -0.39 is 5.60 Å². The van der Waals surface area contributed by atoms with Crippen LogP contribution in [0.3, 0.4) is 0 Å². The minimum absolute atomic E-state index is 0.0409. The van der Waals surface area contributed by atoms with Crippen molar-refractivity contribution in [2.45, 2.75) is 39.0 Å². The SMILES string of the molecule is CC(C)(C)OC(=O)N1CCO[C@H](Cn2ccc3c(Br)cccc32)C1. The summed E-state index contributed by atoms with van der Waals surface area (Å²) in [6.45, 7) is 8.00. The molecular formula is C18H23BrN2O3. The van der Waals surface area contributed by atoms with E-state index in [-0.39, 0.29) is 12.2 Å². The van der Waals surface area contributed by atoms with Crippen molar-refractivity contribution in [3.63, 3.8) is 0 Å². The smallest absolute Gasteiger partial charge is 0.410 e. The van der Waals surface area contributed by atoms with Crippen molar-refractivity contribution in [3.8, 4) is 0 Å². The normalized spacial score (nSPS) is 18.8. The number of carbonyl (C=O) groups is 1. The summed E-state index contributed by atoms with van der Waals surface area (Å²) in [4.78, 5) is 14.0. The van der Waals surface area contributed by atoms with Crippen LogP contribution in [-0.2, 0) is 16.0 Å². The van der Waals surface area contributed by atoms with E-state index in [1.54, 1.807) is 4.90 Å². The van der Waals surface area contributed by atoms with Crippen LogP contribution in [0, 0.1) is 0 Å². The summed E-state index contributed by atoms with van der Waals surface area (Å²) in [5.74, 6) is 0. The number of hydrogen-bond acceptors (Lipinski definition) is 3. The maximum absolute atomic E-state index is 12.3. The highest BCUT2D eigenvalue weighted by molar-refractivity contribution is 9.10. The van der Waals surface area contributed by atoms with E-state index >= 15 is 0 Å². The molecule has 1 aromatic heterocycles. The number of carbonyl (C=O) groups excluding carboxylic acids is 1. The predicted molar refractivity (Wildman–Crippen MR) is 97.2 cm³/mol. The van der Waals surface area contributed by atoms with Crippen molar-refractivity contribution in [2.24, 2.45) is 0 Å². The molecule has 0 N–H and O–H groups in total. The van der Waals surface area contributed by atoms with Gasteiger partial charge in [0.1, 0.15) is 5.60 Å². The van der Waals surface area contributed by atoms with Gasteiger partial charge in [-0.25, -0.2) is 4.79 Å². The van der Waals surface area contributed by atoms with Crippen molar-refractivity contribution in [2.75, 3.05) is 19.7 Å². The Labute approximate surface area is 150 Å². The molecule has 1 saturated heterocycles. The molecule has 2 heterocycles. The van der Waals surface area contributed by atoms with Crippen LogP contribution in [0.2, 0.25) is 0 Å². The summed E-state index contributed by atoms with van der Waals surface area (Å²) >= 11 is 3.58. The van der Waals surface area contributed by atoms with Crippen LogP contribution in [0.25, 0.3) is 10.9 Å². The number of hydrogen-bond donors (Lipinski definition) is 0. The molecule has 1 amide bonds. The molecule has 0 bridgehead atoms. The third kappa shape index (κ3) is 3.92. The number of rotatable bonds is 2. The first-order valence-electron chi connectivity index (χ1n) is 8.16. The maximum Gasteiger partial charge on any atom is 0.410 e. The molecule has 2 aromatic rings. The molecular weight excluding hydrogens is 372 g/mol. The zero-order chi connectivity index (χ0) is 17.3. The second-order valence-corrected chi connectivity index (χ2v) is 7.91. The first-order valence-corrected chi connectivity index (χ1v) is 8.96. The van der Waals surface area contributed by atoms with Gasteiger partial charge in [0.25, 0.3) is 0 Å². The maximum atomic E-state index is 12.3. The molecule has 6 heteroatoms. The standard InChI is InChI=1S/C18H23BrN2O3/c1-18(2,3)24-17(22)21-9-10-23-13(12-21)11-20-8-7-14-15(19)5-4-6-16(14)20/h4-8,13H,9-12H2,1-3H3/t13-/m1/s1. The van der Waals surface area contributed by atoms with Gasteiger partial charge < -0.3 is 18.9 Å². The molecule has 5 nitrogen and oxygen atoms in total. The van der Waals surface area contributed by atoms with Gasteiger partial charge in [0.05, 0.1) is 25.8 Å². The Morgan fingerprint density at radius 2 is 2.17 bits per heavy atom. The number of morpholine rings is 1.